The Morgan fingerprint density at radius 2 is 1.85 bits per heavy atom. The van der Waals surface area contributed by atoms with Crippen LogP contribution in [0, 0.1) is 5.82 Å². The summed E-state index contributed by atoms with van der Waals surface area (Å²) in [4.78, 5) is 12.0. The minimum Gasteiger partial charge on any atom is -0.355 e. The molecule has 0 aliphatic carbocycles. The number of nitrogens with zero attached hydrogens (tertiary/aromatic N) is 3. The molecule has 0 unspecified atom stereocenters. The lowest BCUT2D eigenvalue weighted by atomic mass is 10.1. The van der Waals surface area contributed by atoms with Crippen molar-refractivity contribution in [1.29, 1.82) is 0 Å². The molecule has 5 nitrogen and oxygen atoms in total. The van der Waals surface area contributed by atoms with Gasteiger partial charge >= 0.3 is 0 Å². The summed E-state index contributed by atoms with van der Waals surface area (Å²) in [5, 5.41) is 11.8. The highest BCUT2D eigenvalue weighted by atomic mass is 32.2. The summed E-state index contributed by atoms with van der Waals surface area (Å²) in [5.74, 6) is 0.566. The van der Waals surface area contributed by atoms with E-state index in [2.05, 4.69) is 15.5 Å². The Hall–Kier alpha value is -2.67. The molecule has 0 radical (unpaired) electrons. The van der Waals surface area contributed by atoms with E-state index in [1.807, 2.05) is 37.4 Å². The third kappa shape index (κ3) is 4.70. The predicted molar refractivity (Wildman–Crippen MR) is 100 cm³/mol. The van der Waals surface area contributed by atoms with Crippen LogP contribution in [-0.2, 0) is 18.3 Å². The molecule has 1 aromatic heterocycles. The SMILES string of the molecule is Cn1c(SCC(=O)NCCc2ccccc2)nnc1-c1ccc(F)cc1. The number of carbonyl (C=O) groups is 1. The van der Waals surface area contributed by atoms with Crippen LogP contribution in [0.1, 0.15) is 5.56 Å². The number of nitrogens with one attached hydrogen (secondary N) is 1. The van der Waals surface area contributed by atoms with Gasteiger partial charge in [0, 0.05) is 19.2 Å². The fourth-order valence-corrected chi connectivity index (χ4v) is 3.20. The molecule has 7 heteroatoms. The van der Waals surface area contributed by atoms with Crippen LogP contribution in [0.5, 0.6) is 0 Å². The van der Waals surface area contributed by atoms with E-state index in [0.717, 1.165) is 12.0 Å². The van der Waals surface area contributed by atoms with Crippen molar-refractivity contribution < 1.29 is 9.18 Å². The molecule has 2 aromatic carbocycles. The van der Waals surface area contributed by atoms with Crippen molar-refractivity contribution in [1.82, 2.24) is 20.1 Å². The van der Waals surface area contributed by atoms with Gasteiger partial charge in [-0.3, -0.25) is 4.79 Å². The standard InChI is InChI=1S/C19H19FN4OS/c1-24-18(15-7-9-16(20)10-8-15)22-23-19(24)26-13-17(25)21-12-11-14-5-3-2-4-6-14/h2-10H,11-13H2,1H3,(H,21,25). The van der Waals surface area contributed by atoms with Gasteiger partial charge in [-0.1, -0.05) is 42.1 Å². The fraction of sp³-hybridized carbons (Fsp3) is 0.211. The van der Waals surface area contributed by atoms with Crippen molar-refractivity contribution in [3.8, 4) is 11.4 Å². The van der Waals surface area contributed by atoms with Gasteiger partial charge in [0.15, 0.2) is 11.0 Å². The number of hydrogen-bond acceptors (Lipinski definition) is 4. The molecule has 1 N–H and O–H groups in total. The maximum atomic E-state index is 13.0. The van der Waals surface area contributed by atoms with Crippen LogP contribution in [0.3, 0.4) is 0 Å². The van der Waals surface area contributed by atoms with Crippen molar-refractivity contribution >= 4 is 17.7 Å². The minimum absolute atomic E-state index is 0.0442. The number of halogens is 1. The summed E-state index contributed by atoms with van der Waals surface area (Å²) < 4.78 is 14.8. The van der Waals surface area contributed by atoms with E-state index >= 15 is 0 Å². The van der Waals surface area contributed by atoms with Gasteiger partial charge < -0.3 is 9.88 Å². The van der Waals surface area contributed by atoms with E-state index in [0.29, 0.717) is 17.5 Å². The van der Waals surface area contributed by atoms with Crippen LogP contribution in [0.25, 0.3) is 11.4 Å². The van der Waals surface area contributed by atoms with Crippen LogP contribution < -0.4 is 5.32 Å². The average molecular weight is 370 g/mol. The first kappa shape index (κ1) is 18.1. The van der Waals surface area contributed by atoms with E-state index in [4.69, 9.17) is 0 Å². The Bertz CT molecular complexity index is 865. The summed E-state index contributed by atoms with van der Waals surface area (Å²) >= 11 is 1.32. The Morgan fingerprint density at radius 3 is 2.58 bits per heavy atom. The molecule has 134 valence electrons. The van der Waals surface area contributed by atoms with Crippen LogP contribution in [0.2, 0.25) is 0 Å². The first-order chi connectivity index (χ1) is 12.6. The molecule has 0 aliphatic rings. The van der Waals surface area contributed by atoms with E-state index < -0.39 is 0 Å². The summed E-state index contributed by atoms with van der Waals surface area (Å²) in [5.41, 5.74) is 1.97. The largest absolute Gasteiger partial charge is 0.355 e. The summed E-state index contributed by atoms with van der Waals surface area (Å²) in [7, 11) is 1.83. The molecule has 0 bridgehead atoms. The normalized spacial score (nSPS) is 10.7. The molecule has 1 amide bonds. The Balaban J connectivity index is 1.50. The molecule has 3 rings (SSSR count). The average Bonchev–Trinajstić information content (AvgIpc) is 3.02. The van der Waals surface area contributed by atoms with Gasteiger partial charge in [0.2, 0.25) is 5.91 Å². The number of amides is 1. The summed E-state index contributed by atoms with van der Waals surface area (Å²) in [6.07, 6.45) is 0.802. The van der Waals surface area contributed by atoms with Crippen molar-refractivity contribution in [2.24, 2.45) is 7.05 Å². The quantitative estimate of drug-likeness (QED) is 0.650. The highest BCUT2D eigenvalue weighted by molar-refractivity contribution is 7.99. The second-order valence-electron chi connectivity index (χ2n) is 5.75. The topological polar surface area (TPSA) is 59.8 Å². The summed E-state index contributed by atoms with van der Waals surface area (Å²) in [6.45, 7) is 0.600. The highest BCUT2D eigenvalue weighted by Crippen LogP contribution is 2.22. The molecule has 0 spiro atoms. The first-order valence-electron chi connectivity index (χ1n) is 8.22. The van der Waals surface area contributed by atoms with E-state index in [1.165, 1.54) is 29.5 Å². The van der Waals surface area contributed by atoms with Crippen molar-refractivity contribution in [3.05, 3.63) is 66.0 Å². The molecule has 0 saturated carbocycles. The molecule has 1 heterocycles. The van der Waals surface area contributed by atoms with Crippen LogP contribution in [0.4, 0.5) is 4.39 Å². The monoisotopic (exact) mass is 370 g/mol. The van der Waals surface area contributed by atoms with Gasteiger partial charge in [0.25, 0.3) is 0 Å². The maximum absolute atomic E-state index is 13.0. The molecule has 0 saturated heterocycles. The van der Waals surface area contributed by atoms with Gasteiger partial charge in [-0.05, 0) is 36.2 Å². The second-order valence-corrected chi connectivity index (χ2v) is 6.69. The number of rotatable bonds is 7. The third-order valence-corrected chi connectivity index (χ3v) is 4.87. The van der Waals surface area contributed by atoms with Crippen molar-refractivity contribution in [2.75, 3.05) is 12.3 Å². The lowest BCUT2D eigenvalue weighted by Gasteiger charge is -2.06. The molecule has 0 fully saturated rings. The highest BCUT2D eigenvalue weighted by Gasteiger charge is 2.12. The summed E-state index contributed by atoms with van der Waals surface area (Å²) in [6, 6.07) is 16.1. The number of benzene rings is 2. The van der Waals surface area contributed by atoms with Crippen molar-refractivity contribution in [2.45, 2.75) is 11.6 Å². The lowest BCUT2D eigenvalue weighted by molar-refractivity contribution is -0.118. The zero-order valence-electron chi connectivity index (χ0n) is 14.4. The first-order valence-corrected chi connectivity index (χ1v) is 9.21. The van der Waals surface area contributed by atoms with Gasteiger partial charge in [-0.15, -0.1) is 10.2 Å². The Labute approximate surface area is 155 Å². The van der Waals surface area contributed by atoms with E-state index in [-0.39, 0.29) is 17.5 Å². The maximum Gasteiger partial charge on any atom is 0.230 e. The van der Waals surface area contributed by atoms with Gasteiger partial charge in [0.1, 0.15) is 5.82 Å². The molecular weight excluding hydrogens is 351 g/mol. The molecule has 0 atom stereocenters. The Kier molecular flexibility index (Phi) is 6.01. The molecule has 3 aromatic rings. The van der Waals surface area contributed by atoms with Crippen LogP contribution in [0.15, 0.2) is 59.8 Å². The second kappa shape index (κ2) is 8.62. The Morgan fingerprint density at radius 1 is 1.12 bits per heavy atom. The van der Waals surface area contributed by atoms with E-state index in [1.54, 1.807) is 16.7 Å². The number of aromatic nitrogens is 3. The van der Waals surface area contributed by atoms with Crippen LogP contribution >= 0.6 is 11.8 Å². The van der Waals surface area contributed by atoms with E-state index in [9.17, 15) is 9.18 Å². The smallest absolute Gasteiger partial charge is 0.230 e. The number of carbonyl (C=O) groups excluding carboxylic acids is 1. The zero-order valence-corrected chi connectivity index (χ0v) is 15.2. The predicted octanol–water partition coefficient (Wildman–Crippen LogP) is 3.07. The molecule has 0 aliphatic heterocycles. The lowest BCUT2D eigenvalue weighted by Crippen LogP contribution is -2.27. The zero-order chi connectivity index (χ0) is 18.4. The van der Waals surface area contributed by atoms with Crippen LogP contribution in [-0.4, -0.2) is 33.0 Å². The molecular formula is C19H19FN4OS. The third-order valence-electron chi connectivity index (χ3n) is 3.85. The van der Waals surface area contributed by atoms with Gasteiger partial charge in [-0.25, -0.2) is 4.39 Å². The fourth-order valence-electron chi connectivity index (χ4n) is 2.46. The minimum atomic E-state index is -0.294. The molecule has 26 heavy (non-hydrogen) atoms. The number of thioether (sulfide) groups is 1. The van der Waals surface area contributed by atoms with Crippen molar-refractivity contribution in [3.63, 3.8) is 0 Å². The van der Waals surface area contributed by atoms with Gasteiger partial charge in [-0.2, -0.15) is 0 Å². The van der Waals surface area contributed by atoms with Gasteiger partial charge in [0.05, 0.1) is 5.75 Å². The number of hydrogen-bond donors (Lipinski definition) is 1.